The Labute approximate surface area is 91.2 Å². The number of methoxy groups -OCH3 is 1. The minimum atomic E-state index is -0.674. The van der Waals surface area contributed by atoms with Crippen LogP contribution in [0.2, 0.25) is 0 Å². The van der Waals surface area contributed by atoms with Crippen LogP contribution in [-0.4, -0.2) is 7.11 Å². The maximum Gasteiger partial charge on any atom is 0.190 e. The number of hydrogen-bond donors (Lipinski definition) is 0. The van der Waals surface area contributed by atoms with Crippen LogP contribution in [0, 0.1) is 11.6 Å². The Morgan fingerprint density at radius 1 is 1.21 bits per heavy atom. The molecule has 80 valence electrons. The van der Waals surface area contributed by atoms with E-state index in [1.54, 1.807) is 0 Å². The topological polar surface area (TPSA) is 9.23 Å². The van der Waals surface area contributed by atoms with E-state index in [2.05, 4.69) is 20.7 Å². The molecule has 0 spiro atoms. The van der Waals surface area contributed by atoms with Gasteiger partial charge in [0.25, 0.3) is 0 Å². The van der Waals surface area contributed by atoms with Crippen molar-refractivity contribution in [3.8, 4) is 5.75 Å². The van der Waals surface area contributed by atoms with Gasteiger partial charge in [0.2, 0.25) is 0 Å². The number of ether oxygens (including phenoxy) is 1. The number of halogens is 3. The average molecular weight is 267 g/mol. The van der Waals surface area contributed by atoms with Gasteiger partial charge in [0.05, 0.1) is 7.11 Å². The Kier molecular flexibility index (Phi) is 6.45. The fraction of sp³-hybridized carbons (Fsp3) is 0.400. The molecule has 1 rings (SSSR count). The smallest absolute Gasteiger partial charge is 0.190 e. The first-order chi connectivity index (χ1) is 6.69. The van der Waals surface area contributed by atoms with E-state index in [9.17, 15) is 8.78 Å². The van der Waals surface area contributed by atoms with Gasteiger partial charge in [-0.05, 0) is 17.7 Å². The summed E-state index contributed by atoms with van der Waals surface area (Å²) in [7, 11) is 1.23. The molecule has 0 saturated carbocycles. The summed E-state index contributed by atoms with van der Waals surface area (Å²) in [5.74, 6) is -1.68. The summed E-state index contributed by atoms with van der Waals surface area (Å²) in [4.78, 5) is 0. The van der Waals surface area contributed by atoms with E-state index in [4.69, 9.17) is 0 Å². The predicted octanol–water partition coefficient (Wildman–Crippen LogP) is 3.89. The van der Waals surface area contributed by atoms with Crippen molar-refractivity contribution in [1.29, 1.82) is 0 Å². The van der Waals surface area contributed by atoms with E-state index in [1.165, 1.54) is 19.2 Å². The lowest BCUT2D eigenvalue weighted by molar-refractivity contribution is 0.359. The third-order valence-corrected chi connectivity index (χ3v) is 2.06. The molecule has 0 fully saturated rings. The van der Waals surface area contributed by atoms with Gasteiger partial charge < -0.3 is 4.74 Å². The lowest BCUT2D eigenvalue weighted by atomic mass is 10.2. The third kappa shape index (κ3) is 3.25. The highest BCUT2D eigenvalue weighted by Crippen LogP contribution is 2.23. The molecule has 1 aromatic rings. The predicted molar refractivity (Wildman–Crippen MR) is 56.9 cm³/mol. The van der Waals surface area contributed by atoms with Crippen LogP contribution in [0.3, 0.4) is 0 Å². The number of rotatable bonds is 2. The summed E-state index contributed by atoms with van der Waals surface area (Å²) in [6.45, 7) is 4.00. The molecule has 0 bridgehead atoms. The van der Waals surface area contributed by atoms with Gasteiger partial charge in [0.1, 0.15) is 0 Å². The largest absolute Gasteiger partial charge is 0.491 e. The van der Waals surface area contributed by atoms with Crippen LogP contribution >= 0.6 is 15.9 Å². The number of benzene rings is 1. The lowest BCUT2D eigenvalue weighted by Gasteiger charge is -2.04. The summed E-state index contributed by atoms with van der Waals surface area (Å²) in [5.41, 5.74) is 0.547. The van der Waals surface area contributed by atoms with E-state index in [0.717, 1.165) is 0 Å². The summed E-state index contributed by atoms with van der Waals surface area (Å²) >= 11 is 3.10. The second kappa shape index (κ2) is 6.76. The summed E-state index contributed by atoms with van der Waals surface area (Å²) in [5, 5.41) is 0.421. The van der Waals surface area contributed by atoms with Gasteiger partial charge in [-0.25, -0.2) is 8.78 Å². The normalized spacial score (nSPS) is 9.00. The minimum Gasteiger partial charge on any atom is -0.491 e. The van der Waals surface area contributed by atoms with Gasteiger partial charge in [-0.2, -0.15) is 0 Å². The standard InChI is InChI=1S/C8H7BrF2O.C2H6/c1-12-8-6(10)2-5(4-9)3-7(8)11;1-2/h2-3H,4H2,1H3;1-2H3. The quantitative estimate of drug-likeness (QED) is 0.738. The highest BCUT2D eigenvalue weighted by Gasteiger charge is 2.10. The molecule has 0 saturated heterocycles. The lowest BCUT2D eigenvalue weighted by Crippen LogP contribution is -1.94. The van der Waals surface area contributed by atoms with Crippen molar-refractivity contribution in [1.82, 2.24) is 0 Å². The molecule has 0 heterocycles. The molecular weight excluding hydrogens is 254 g/mol. The van der Waals surface area contributed by atoms with Gasteiger partial charge in [-0.15, -0.1) is 0 Å². The Balaban J connectivity index is 0.000000791. The Bertz CT molecular complexity index is 266. The Hall–Kier alpha value is -0.640. The first-order valence-electron chi connectivity index (χ1n) is 4.27. The average Bonchev–Trinajstić information content (AvgIpc) is 2.20. The van der Waals surface area contributed by atoms with E-state index in [-0.39, 0.29) is 5.75 Å². The maximum atomic E-state index is 12.9. The number of hydrogen-bond acceptors (Lipinski definition) is 1. The zero-order valence-corrected chi connectivity index (χ0v) is 9.99. The maximum absolute atomic E-state index is 12.9. The van der Waals surface area contributed by atoms with Crippen LogP contribution in [0.5, 0.6) is 5.75 Å². The number of alkyl halides is 1. The summed E-state index contributed by atoms with van der Waals surface area (Å²) in [6.07, 6.45) is 0. The van der Waals surface area contributed by atoms with Crippen molar-refractivity contribution in [2.75, 3.05) is 7.11 Å². The van der Waals surface area contributed by atoms with Crippen LogP contribution in [0.4, 0.5) is 8.78 Å². The first-order valence-corrected chi connectivity index (χ1v) is 5.39. The molecule has 0 atom stereocenters. The van der Waals surface area contributed by atoms with Gasteiger partial charge >= 0.3 is 0 Å². The highest BCUT2D eigenvalue weighted by molar-refractivity contribution is 9.08. The molecular formula is C10H13BrF2O. The molecule has 1 aromatic carbocycles. The summed E-state index contributed by atoms with van der Waals surface area (Å²) in [6, 6.07) is 2.47. The van der Waals surface area contributed by atoms with Crippen molar-refractivity contribution in [3.63, 3.8) is 0 Å². The molecule has 0 aliphatic heterocycles. The first kappa shape index (κ1) is 13.4. The molecule has 0 aliphatic rings. The molecule has 0 aromatic heterocycles. The second-order valence-electron chi connectivity index (χ2n) is 2.23. The molecule has 0 aliphatic carbocycles. The minimum absolute atomic E-state index is 0.334. The van der Waals surface area contributed by atoms with Crippen molar-refractivity contribution in [2.24, 2.45) is 0 Å². The van der Waals surface area contributed by atoms with Crippen LogP contribution in [0.25, 0.3) is 0 Å². The molecule has 0 N–H and O–H groups in total. The molecule has 14 heavy (non-hydrogen) atoms. The molecule has 0 unspecified atom stereocenters. The Morgan fingerprint density at radius 2 is 1.64 bits per heavy atom. The zero-order chi connectivity index (χ0) is 11.1. The highest BCUT2D eigenvalue weighted by atomic mass is 79.9. The van der Waals surface area contributed by atoms with Gasteiger partial charge in [0.15, 0.2) is 17.4 Å². The SMILES string of the molecule is CC.COc1c(F)cc(CBr)cc1F. The van der Waals surface area contributed by atoms with Crippen LogP contribution < -0.4 is 4.74 Å². The van der Waals surface area contributed by atoms with Gasteiger partial charge in [-0.1, -0.05) is 29.8 Å². The fourth-order valence-electron chi connectivity index (χ4n) is 0.885. The van der Waals surface area contributed by atoms with Crippen LogP contribution in [-0.2, 0) is 5.33 Å². The molecule has 0 amide bonds. The molecule has 0 radical (unpaired) electrons. The molecule has 4 heteroatoms. The van der Waals surface area contributed by atoms with E-state index < -0.39 is 11.6 Å². The van der Waals surface area contributed by atoms with Crippen LogP contribution in [0.1, 0.15) is 19.4 Å². The zero-order valence-electron chi connectivity index (χ0n) is 8.40. The van der Waals surface area contributed by atoms with Crippen LogP contribution in [0.15, 0.2) is 12.1 Å². The monoisotopic (exact) mass is 266 g/mol. The fourth-order valence-corrected chi connectivity index (χ4v) is 1.21. The second-order valence-corrected chi connectivity index (χ2v) is 2.79. The molecule has 1 nitrogen and oxygen atoms in total. The van der Waals surface area contributed by atoms with E-state index in [0.29, 0.717) is 10.9 Å². The summed E-state index contributed by atoms with van der Waals surface area (Å²) < 4.78 is 30.3. The van der Waals surface area contributed by atoms with Gasteiger partial charge in [0, 0.05) is 5.33 Å². The van der Waals surface area contributed by atoms with Gasteiger partial charge in [-0.3, -0.25) is 0 Å². The van der Waals surface area contributed by atoms with Crippen molar-refractivity contribution in [3.05, 3.63) is 29.3 Å². The Morgan fingerprint density at radius 3 is 1.93 bits per heavy atom. The van der Waals surface area contributed by atoms with Crippen molar-refractivity contribution >= 4 is 15.9 Å². The van der Waals surface area contributed by atoms with Crippen molar-refractivity contribution in [2.45, 2.75) is 19.2 Å². The van der Waals surface area contributed by atoms with Crippen molar-refractivity contribution < 1.29 is 13.5 Å². The van der Waals surface area contributed by atoms with E-state index >= 15 is 0 Å². The third-order valence-electron chi connectivity index (χ3n) is 1.42. The van der Waals surface area contributed by atoms with E-state index in [1.807, 2.05) is 13.8 Å².